The quantitative estimate of drug-likeness (QED) is 0.287. The van der Waals surface area contributed by atoms with Gasteiger partial charge < -0.3 is 11.2 Å². The van der Waals surface area contributed by atoms with Crippen molar-refractivity contribution in [3.8, 4) is 11.4 Å². The number of rotatable bonds is 7. The number of aromatic nitrogens is 3. The van der Waals surface area contributed by atoms with E-state index < -0.39 is 0 Å². The van der Waals surface area contributed by atoms with Crippen molar-refractivity contribution < 1.29 is 4.79 Å². The molecule has 1 aromatic heterocycles. The number of nitrogens with two attached hydrogens (primary N) is 1. The fourth-order valence-corrected chi connectivity index (χ4v) is 4.56. The second-order valence-electron chi connectivity index (χ2n) is 6.43. The van der Waals surface area contributed by atoms with E-state index in [0.717, 1.165) is 21.0 Å². The van der Waals surface area contributed by atoms with Crippen molar-refractivity contribution in [2.75, 3.05) is 16.9 Å². The number of thioether (sulfide) groups is 1. The highest BCUT2D eigenvalue weighted by Crippen LogP contribution is 2.33. The maximum atomic E-state index is 12.6. The number of carbonyl (C=O) groups excluding carboxylic acids is 1. The van der Waals surface area contributed by atoms with E-state index in [2.05, 4.69) is 15.5 Å². The molecule has 0 aliphatic heterocycles. The van der Waals surface area contributed by atoms with Crippen molar-refractivity contribution in [2.24, 2.45) is 0 Å². The highest BCUT2D eigenvalue weighted by molar-refractivity contribution is 8.00. The minimum absolute atomic E-state index is 0.148. The van der Waals surface area contributed by atoms with Gasteiger partial charge in [0.05, 0.1) is 11.4 Å². The van der Waals surface area contributed by atoms with Gasteiger partial charge in [-0.25, -0.2) is 4.68 Å². The van der Waals surface area contributed by atoms with Crippen LogP contribution < -0.4 is 11.2 Å². The van der Waals surface area contributed by atoms with Gasteiger partial charge in [-0.1, -0.05) is 77.6 Å². The Hall–Kier alpha value is -2.94. The van der Waals surface area contributed by atoms with Gasteiger partial charge in [0.15, 0.2) is 5.82 Å². The molecule has 0 saturated heterocycles. The molecule has 0 aliphatic carbocycles. The second kappa shape index (κ2) is 9.91. The fourth-order valence-electron chi connectivity index (χ4n) is 2.79. The first kappa shape index (κ1) is 21.3. The predicted molar refractivity (Wildman–Crippen MR) is 127 cm³/mol. The Morgan fingerprint density at radius 3 is 2.58 bits per heavy atom. The van der Waals surface area contributed by atoms with Crippen molar-refractivity contribution in [2.45, 2.75) is 14.9 Å². The van der Waals surface area contributed by atoms with E-state index in [1.807, 2.05) is 66.7 Å². The first-order valence-electron chi connectivity index (χ1n) is 9.31. The van der Waals surface area contributed by atoms with Crippen LogP contribution >= 0.6 is 35.1 Å². The number of amides is 1. The number of nitrogen functional groups attached to an aromatic ring is 1. The smallest absolute Gasteiger partial charge is 0.234 e. The van der Waals surface area contributed by atoms with E-state index in [-0.39, 0.29) is 11.7 Å². The molecule has 31 heavy (non-hydrogen) atoms. The average Bonchev–Trinajstić information content (AvgIpc) is 3.15. The van der Waals surface area contributed by atoms with Gasteiger partial charge in [-0.2, -0.15) is 0 Å². The molecule has 156 valence electrons. The van der Waals surface area contributed by atoms with E-state index in [4.69, 9.17) is 17.4 Å². The van der Waals surface area contributed by atoms with Crippen molar-refractivity contribution in [3.05, 3.63) is 83.9 Å². The lowest BCUT2D eigenvalue weighted by atomic mass is 10.2. The van der Waals surface area contributed by atoms with Crippen molar-refractivity contribution in [1.29, 1.82) is 0 Å². The lowest BCUT2D eigenvalue weighted by Gasteiger charge is -2.10. The van der Waals surface area contributed by atoms with E-state index in [0.29, 0.717) is 16.0 Å². The molecule has 0 saturated carbocycles. The lowest BCUT2D eigenvalue weighted by molar-refractivity contribution is -0.113. The van der Waals surface area contributed by atoms with Gasteiger partial charge in [0.2, 0.25) is 11.1 Å². The van der Waals surface area contributed by atoms with Crippen LogP contribution in [0.25, 0.3) is 11.4 Å². The van der Waals surface area contributed by atoms with Crippen LogP contribution in [-0.4, -0.2) is 26.5 Å². The fraction of sp³-hybridized carbons (Fsp3) is 0.0455. The van der Waals surface area contributed by atoms with Crippen LogP contribution in [0, 0.1) is 0 Å². The number of halogens is 1. The number of anilines is 1. The van der Waals surface area contributed by atoms with Gasteiger partial charge in [-0.15, -0.1) is 10.2 Å². The van der Waals surface area contributed by atoms with Gasteiger partial charge in [0, 0.05) is 20.4 Å². The van der Waals surface area contributed by atoms with Crippen LogP contribution in [0.1, 0.15) is 0 Å². The number of para-hydroxylation sites is 1. The van der Waals surface area contributed by atoms with Crippen LogP contribution in [-0.2, 0) is 4.79 Å². The van der Waals surface area contributed by atoms with E-state index in [1.54, 1.807) is 23.9 Å². The molecule has 3 N–H and O–H groups in total. The molecule has 4 rings (SSSR count). The largest absolute Gasteiger partial charge is 0.335 e. The summed E-state index contributed by atoms with van der Waals surface area (Å²) in [6.07, 6.45) is 0. The van der Waals surface area contributed by atoms with Crippen LogP contribution in [0.2, 0.25) is 5.02 Å². The number of carbonyl (C=O) groups is 1. The third-order valence-electron chi connectivity index (χ3n) is 4.21. The third-order valence-corrected chi connectivity index (χ3v) is 6.47. The van der Waals surface area contributed by atoms with Gasteiger partial charge in [-0.3, -0.25) is 4.79 Å². The summed E-state index contributed by atoms with van der Waals surface area (Å²) >= 11 is 8.85. The topological polar surface area (TPSA) is 85.8 Å². The van der Waals surface area contributed by atoms with Crippen molar-refractivity contribution >= 4 is 46.7 Å². The number of hydrogen-bond donors (Lipinski definition) is 2. The Morgan fingerprint density at radius 1 is 1.00 bits per heavy atom. The van der Waals surface area contributed by atoms with Gasteiger partial charge in [0.1, 0.15) is 0 Å². The molecule has 0 fully saturated rings. The monoisotopic (exact) mass is 467 g/mol. The molecule has 0 atom stereocenters. The number of nitrogens with one attached hydrogen (secondary N) is 1. The molecule has 3 aromatic carbocycles. The Balaban J connectivity index is 1.41. The molecule has 9 heteroatoms. The Kier molecular flexibility index (Phi) is 6.81. The Labute approximate surface area is 193 Å². The minimum Gasteiger partial charge on any atom is -0.335 e. The number of benzene rings is 3. The summed E-state index contributed by atoms with van der Waals surface area (Å²) in [5, 5.41) is 12.2. The molecule has 6 nitrogen and oxygen atoms in total. The second-order valence-corrected chi connectivity index (χ2v) is 8.93. The summed E-state index contributed by atoms with van der Waals surface area (Å²) in [6, 6.07) is 24.9. The standard InChI is InChI=1S/C22H18ClN5OS2/c23-16-8-6-7-15(13-16)21-26-27-22(28(21)24)30-14-20(29)25-18-11-4-5-12-19(18)31-17-9-2-1-3-10-17/h1-13H,14,24H2,(H,25,29). The zero-order valence-corrected chi connectivity index (χ0v) is 18.6. The summed E-state index contributed by atoms with van der Waals surface area (Å²) < 4.78 is 1.36. The SMILES string of the molecule is Nn1c(SCC(=O)Nc2ccccc2Sc2ccccc2)nnc1-c1cccc(Cl)c1. The maximum Gasteiger partial charge on any atom is 0.234 e. The van der Waals surface area contributed by atoms with E-state index in [1.165, 1.54) is 16.4 Å². The number of nitrogens with zero attached hydrogens (tertiary/aromatic N) is 3. The molecular weight excluding hydrogens is 450 g/mol. The molecule has 4 aromatic rings. The van der Waals surface area contributed by atoms with E-state index in [9.17, 15) is 4.79 Å². The Morgan fingerprint density at radius 2 is 1.77 bits per heavy atom. The highest BCUT2D eigenvalue weighted by Gasteiger charge is 2.15. The first-order chi connectivity index (χ1) is 15.1. The Bertz CT molecular complexity index is 1200. The molecule has 0 unspecified atom stereocenters. The molecule has 1 amide bonds. The molecule has 0 spiro atoms. The van der Waals surface area contributed by atoms with Crippen LogP contribution in [0.15, 0.2) is 93.8 Å². The summed E-state index contributed by atoms with van der Waals surface area (Å²) in [5.41, 5.74) is 1.52. The predicted octanol–water partition coefficient (Wildman–Crippen LogP) is 5.19. The first-order valence-corrected chi connectivity index (χ1v) is 11.5. The number of hydrogen-bond acceptors (Lipinski definition) is 6. The van der Waals surface area contributed by atoms with Crippen LogP contribution in [0.3, 0.4) is 0 Å². The molecular formula is C22H18ClN5OS2. The maximum absolute atomic E-state index is 12.6. The zero-order valence-electron chi connectivity index (χ0n) is 16.2. The van der Waals surface area contributed by atoms with Crippen LogP contribution in [0.5, 0.6) is 0 Å². The molecule has 0 aliphatic rings. The average molecular weight is 468 g/mol. The van der Waals surface area contributed by atoms with E-state index >= 15 is 0 Å². The van der Waals surface area contributed by atoms with Crippen molar-refractivity contribution in [1.82, 2.24) is 14.9 Å². The highest BCUT2D eigenvalue weighted by atomic mass is 35.5. The third kappa shape index (κ3) is 5.41. The zero-order chi connectivity index (χ0) is 21.6. The summed E-state index contributed by atoms with van der Waals surface area (Å²) in [7, 11) is 0. The van der Waals surface area contributed by atoms with Gasteiger partial charge in [0.25, 0.3) is 0 Å². The van der Waals surface area contributed by atoms with Crippen LogP contribution in [0.4, 0.5) is 5.69 Å². The van der Waals surface area contributed by atoms with Gasteiger partial charge >= 0.3 is 0 Å². The normalized spacial score (nSPS) is 10.7. The minimum atomic E-state index is -0.154. The lowest BCUT2D eigenvalue weighted by Crippen LogP contribution is -2.16. The van der Waals surface area contributed by atoms with Gasteiger partial charge in [-0.05, 0) is 36.4 Å². The summed E-state index contributed by atoms with van der Waals surface area (Å²) in [5.74, 6) is 6.60. The summed E-state index contributed by atoms with van der Waals surface area (Å²) in [6.45, 7) is 0. The molecule has 1 heterocycles. The summed E-state index contributed by atoms with van der Waals surface area (Å²) in [4.78, 5) is 14.6. The molecule has 0 bridgehead atoms. The molecule has 0 radical (unpaired) electrons. The van der Waals surface area contributed by atoms with Crippen molar-refractivity contribution in [3.63, 3.8) is 0 Å².